The molecule has 160 valence electrons. The molecule has 0 saturated heterocycles. The molecule has 2 N–H and O–H groups in total. The first-order chi connectivity index (χ1) is 15.0. The second-order valence-electron chi connectivity index (χ2n) is 7.95. The monoisotopic (exact) mass is 417 g/mol. The van der Waals surface area contributed by atoms with Crippen molar-refractivity contribution in [1.82, 2.24) is 10.2 Å². The van der Waals surface area contributed by atoms with E-state index in [4.69, 9.17) is 4.42 Å². The lowest BCUT2D eigenvalue weighted by atomic mass is 9.98. The molecule has 0 bridgehead atoms. The maximum Gasteiger partial charge on any atom is 0.313 e. The minimum absolute atomic E-state index is 0.152. The van der Waals surface area contributed by atoms with E-state index in [-0.39, 0.29) is 12.6 Å². The zero-order valence-electron chi connectivity index (χ0n) is 17.9. The van der Waals surface area contributed by atoms with Gasteiger partial charge in [0, 0.05) is 25.3 Å². The van der Waals surface area contributed by atoms with Gasteiger partial charge in [0.15, 0.2) is 0 Å². The summed E-state index contributed by atoms with van der Waals surface area (Å²) in [6.07, 6.45) is 2.57. The zero-order chi connectivity index (χ0) is 21.8. The van der Waals surface area contributed by atoms with E-state index >= 15 is 0 Å². The first kappa shape index (κ1) is 20.9. The first-order valence-corrected chi connectivity index (χ1v) is 10.5. The normalized spacial score (nSPS) is 14.5. The van der Waals surface area contributed by atoms with Gasteiger partial charge in [-0.1, -0.05) is 42.5 Å². The van der Waals surface area contributed by atoms with Crippen molar-refractivity contribution >= 4 is 17.5 Å². The van der Waals surface area contributed by atoms with Crippen LogP contribution in [0, 0.1) is 13.8 Å². The summed E-state index contributed by atoms with van der Waals surface area (Å²) in [5.74, 6) is -0.550. The third kappa shape index (κ3) is 4.70. The third-order valence-corrected chi connectivity index (χ3v) is 5.85. The van der Waals surface area contributed by atoms with Gasteiger partial charge in [0.2, 0.25) is 0 Å². The van der Waals surface area contributed by atoms with Crippen molar-refractivity contribution in [2.24, 2.45) is 0 Å². The predicted molar refractivity (Wildman–Crippen MR) is 120 cm³/mol. The fraction of sp³-hybridized carbons (Fsp3) is 0.280. The van der Waals surface area contributed by atoms with Crippen LogP contribution in [-0.2, 0) is 22.6 Å². The summed E-state index contributed by atoms with van der Waals surface area (Å²) in [6.45, 7) is 5.72. The Bertz CT molecular complexity index is 1060. The number of benzene rings is 2. The zero-order valence-corrected chi connectivity index (χ0v) is 17.9. The summed E-state index contributed by atoms with van der Waals surface area (Å²) < 4.78 is 5.66. The molecule has 0 aliphatic carbocycles. The number of nitrogens with one attached hydrogen (secondary N) is 2. The molecule has 0 saturated carbocycles. The van der Waals surface area contributed by atoms with E-state index < -0.39 is 11.8 Å². The molecule has 3 aromatic rings. The second kappa shape index (κ2) is 9.18. The molecule has 4 rings (SSSR count). The van der Waals surface area contributed by atoms with E-state index in [0.717, 1.165) is 36.4 Å². The Labute approximate surface area is 182 Å². The number of aryl methyl sites for hydroxylation is 2. The standard InChI is InChI=1S/C25H27N3O3/c1-17-7-5-8-18(2)23(17)27-25(30)24(29)26-15-21(22-11-6-14-31-22)28-13-12-19-9-3-4-10-20(19)16-28/h3-11,14,21H,12-13,15-16H2,1-2H3,(H,26,29)(H,27,30)/t21-/m0/s1. The molecular formula is C25H27N3O3. The molecule has 0 fully saturated rings. The molecule has 1 atom stereocenters. The number of para-hydroxylation sites is 1. The highest BCUT2D eigenvalue weighted by Gasteiger charge is 2.28. The molecule has 1 aromatic heterocycles. The number of carbonyl (C=O) groups is 2. The Balaban J connectivity index is 1.44. The Hall–Kier alpha value is -3.38. The number of hydrogen-bond donors (Lipinski definition) is 2. The summed E-state index contributed by atoms with van der Waals surface area (Å²) in [5.41, 5.74) is 5.15. The number of fused-ring (bicyclic) bond motifs is 1. The molecule has 6 heteroatoms. The van der Waals surface area contributed by atoms with Gasteiger partial charge in [-0.05, 0) is 54.7 Å². The van der Waals surface area contributed by atoms with Gasteiger partial charge in [-0.3, -0.25) is 14.5 Å². The molecule has 2 aromatic carbocycles. The van der Waals surface area contributed by atoms with Gasteiger partial charge in [-0.2, -0.15) is 0 Å². The van der Waals surface area contributed by atoms with Crippen molar-refractivity contribution in [3.8, 4) is 0 Å². The van der Waals surface area contributed by atoms with E-state index in [0.29, 0.717) is 5.69 Å². The molecule has 0 unspecified atom stereocenters. The minimum Gasteiger partial charge on any atom is -0.468 e. The van der Waals surface area contributed by atoms with Crippen molar-refractivity contribution < 1.29 is 14.0 Å². The van der Waals surface area contributed by atoms with Gasteiger partial charge in [0.05, 0.1) is 12.3 Å². The number of carbonyl (C=O) groups excluding carboxylic acids is 2. The number of furan rings is 1. The summed E-state index contributed by atoms with van der Waals surface area (Å²) in [7, 11) is 0. The van der Waals surface area contributed by atoms with Gasteiger partial charge in [0.25, 0.3) is 0 Å². The average molecular weight is 418 g/mol. The van der Waals surface area contributed by atoms with Crippen LogP contribution < -0.4 is 10.6 Å². The van der Waals surface area contributed by atoms with Gasteiger partial charge in [-0.15, -0.1) is 0 Å². The van der Waals surface area contributed by atoms with Crippen LogP contribution in [0.25, 0.3) is 0 Å². The van der Waals surface area contributed by atoms with Gasteiger partial charge >= 0.3 is 11.8 Å². The molecule has 2 amide bonds. The smallest absolute Gasteiger partial charge is 0.313 e. The highest BCUT2D eigenvalue weighted by molar-refractivity contribution is 6.39. The van der Waals surface area contributed by atoms with Crippen LogP contribution in [0.2, 0.25) is 0 Å². The summed E-state index contributed by atoms with van der Waals surface area (Å²) >= 11 is 0. The largest absolute Gasteiger partial charge is 0.468 e. The Morgan fingerprint density at radius 2 is 1.71 bits per heavy atom. The van der Waals surface area contributed by atoms with Crippen LogP contribution in [0.15, 0.2) is 65.3 Å². The average Bonchev–Trinajstić information content (AvgIpc) is 3.30. The highest BCUT2D eigenvalue weighted by atomic mass is 16.3. The molecule has 6 nitrogen and oxygen atoms in total. The van der Waals surface area contributed by atoms with Crippen LogP contribution in [0.3, 0.4) is 0 Å². The maximum absolute atomic E-state index is 12.6. The van der Waals surface area contributed by atoms with Crippen LogP contribution in [0.5, 0.6) is 0 Å². The van der Waals surface area contributed by atoms with Crippen LogP contribution >= 0.6 is 0 Å². The van der Waals surface area contributed by atoms with E-state index in [1.54, 1.807) is 6.26 Å². The lowest BCUT2D eigenvalue weighted by Crippen LogP contribution is -2.43. The molecule has 2 heterocycles. The Kier molecular flexibility index (Phi) is 6.18. The number of amides is 2. The fourth-order valence-electron chi connectivity index (χ4n) is 4.13. The lowest BCUT2D eigenvalue weighted by Gasteiger charge is -2.34. The summed E-state index contributed by atoms with van der Waals surface area (Å²) in [6, 6.07) is 17.7. The fourth-order valence-corrected chi connectivity index (χ4v) is 4.13. The van der Waals surface area contributed by atoms with E-state index in [9.17, 15) is 9.59 Å². The summed E-state index contributed by atoms with van der Waals surface area (Å²) in [4.78, 5) is 27.3. The Morgan fingerprint density at radius 1 is 0.968 bits per heavy atom. The third-order valence-electron chi connectivity index (χ3n) is 5.85. The van der Waals surface area contributed by atoms with Crippen molar-refractivity contribution in [3.63, 3.8) is 0 Å². The van der Waals surface area contributed by atoms with Crippen LogP contribution in [0.1, 0.15) is 34.1 Å². The minimum atomic E-state index is -0.667. The van der Waals surface area contributed by atoms with Crippen molar-refractivity contribution in [2.75, 3.05) is 18.4 Å². The van der Waals surface area contributed by atoms with Crippen molar-refractivity contribution in [2.45, 2.75) is 32.9 Å². The van der Waals surface area contributed by atoms with E-state index in [1.165, 1.54) is 11.1 Å². The molecule has 31 heavy (non-hydrogen) atoms. The molecule has 0 spiro atoms. The quantitative estimate of drug-likeness (QED) is 0.620. The maximum atomic E-state index is 12.6. The Morgan fingerprint density at radius 3 is 2.42 bits per heavy atom. The molecule has 1 aliphatic rings. The predicted octanol–water partition coefficient (Wildman–Crippen LogP) is 3.75. The van der Waals surface area contributed by atoms with E-state index in [2.05, 4.69) is 33.7 Å². The molecule has 0 radical (unpaired) electrons. The van der Waals surface area contributed by atoms with Gasteiger partial charge in [-0.25, -0.2) is 0 Å². The van der Waals surface area contributed by atoms with Crippen molar-refractivity contribution in [3.05, 3.63) is 88.9 Å². The van der Waals surface area contributed by atoms with Crippen molar-refractivity contribution in [1.29, 1.82) is 0 Å². The number of rotatable bonds is 5. The number of anilines is 1. The second-order valence-corrected chi connectivity index (χ2v) is 7.95. The topological polar surface area (TPSA) is 74.6 Å². The summed E-state index contributed by atoms with van der Waals surface area (Å²) in [5, 5.41) is 5.54. The van der Waals surface area contributed by atoms with Crippen LogP contribution in [-0.4, -0.2) is 29.8 Å². The molecular weight excluding hydrogens is 390 g/mol. The lowest BCUT2D eigenvalue weighted by molar-refractivity contribution is -0.136. The molecule has 1 aliphatic heterocycles. The van der Waals surface area contributed by atoms with E-state index in [1.807, 2.05) is 50.2 Å². The van der Waals surface area contributed by atoms with Crippen LogP contribution in [0.4, 0.5) is 5.69 Å². The van der Waals surface area contributed by atoms with Gasteiger partial charge < -0.3 is 15.1 Å². The highest BCUT2D eigenvalue weighted by Crippen LogP contribution is 2.28. The van der Waals surface area contributed by atoms with Gasteiger partial charge in [0.1, 0.15) is 5.76 Å². The number of hydrogen-bond acceptors (Lipinski definition) is 4. The number of nitrogens with zero attached hydrogens (tertiary/aromatic N) is 1. The first-order valence-electron chi connectivity index (χ1n) is 10.5. The SMILES string of the molecule is Cc1cccc(C)c1NC(=O)C(=O)NC[C@@H](c1ccco1)N1CCc2ccccc2C1.